The maximum Gasteiger partial charge on any atom is 0.277 e. The molecule has 2 aromatic carbocycles. The highest BCUT2D eigenvalue weighted by Crippen LogP contribution is 2.30. The first-order valence-electron chi connectivity index (χ1n) is 8.02. The zero-order valence-corrected chi connectivity index (χ0v) is 16.7. The summed E-state index contributed by atoms with van der Waals surface area (Å²) in [6, 6.07) is 5.78. The Morgan fingerprint density at radius 1 is 1.26 bits per heavy atom. The summed E-state index contributed by atoms with van der Waals surface area (Å²) in [4.78, 5) is 17.3. The van der Waals surface area contributed by atoms with Gasteiger partial charge in [-0.1, -0.05) is 0 Å². The molecule has 0 bridgehead atoms. The molecular weight excluding hydrogens is 476 g/mol. The van der Waals surface area contributed by atoms with Gasteiger partial charge in [-0.15, -0.1) is 0 Å². The standard InChI is InChI=1S/C18H18F3IN2O3/c1-9-7-11(22)3-4-14(9)23-17-12(8-13(19)15(20)16(17)21)18(26)24-27-10(2)5-6-25/h3-4,7-8,10,23,25H,5-6H2,1-2H3,(H,24,26). The van der Waals surface area contributed by atoms with Gasteiger partial charge < -0.3 is 10.4 Å². The lowest BCUT2D eigenvalue weighted by Crippen LogP contribution is -2.29. The molecule has 0 spiro atoms. The number of nitrogens with one attached hydrogen (secondary N) is 2. The molecule has 0 aliphatic rings. The van der Waals surface area contributed by atoms with E-state index in [1.54, 1.807) is 32.0 Å². The number of aryl methyl sites for hydroxylation is 1. The van der Waals surface area contributed by atoms with Crippen LogP contribution < -0.4 is 10.8 Å². The molecule has 0 aliphatic heterocycles. The number of anilines is 2. The van der Waals surface area contributed by atoms with E-state index in [2.05, 4.69) is 33.4 Å². The Morgan fingerprint density at radius 3 is 2.59 bits per heavy atom. The van der Waals surface area contributed by atoms with Crippen LogP contribution in [0.3, 0.4) is 0 Å². The van der Waals surface area contributed by atoms with Crippen molar-refractivity contribution in [3.05, 3.63) is 56.4 Å². The van der Waals surface area contributed by atoms with Crippen LogP contribution in [0.15, 0.2) is 24.3 Å². The van der Waals surface area contributed by atoms with E-state index in [0.29, 0.717) is 11.8 Å². The third-order valence-electron chi connectivity index (χ3n) is 3.74. The van der Waals surface area contributed by atoms with E-state index < -0.39 is 40.7 Å². The van der Waals surface area contributed by atoms with Gasteiger partial charge in [0, 0.05) is 15.9 Å². The third-order valence-corrected chi connectivity index (χ3v) is 4.41. The van der Waals surface area contributed by atoms with Crippen LogP contribution in [-0.4, -0.2) is 23.7 Å². The van der Waals surface area contributed by atoms with Gasteiger partial charge in [-0.3, -0.25) is 9.63 Å². The summed E-state index contributed by atoms with van der Waals surface area (Å²) in [7, 11) is 0. The van der Waals surface area contributed by atoms with Crippen LogP contribution in [0.5, 0.6) is 0 Å². The monoisotopic (exact) mass is 494 g/mol. The number of carbonyl (C=O) groups is 1. The second-order valence-corrected chi connectivity index (χ2v) is 7.11. The number of halogens is 4. The minimum absolute atomic E-state index is 0.157. The highest BCUT2D eigenvalue weighted by Gasteiger charge is 2.24. The summed E-state index contributed by atoms with van der Waals surface area (Å²) in [5.74, 6) is -5.65. The SMILES string of the molecule is Cc1cc(I)ccc1Nc1c(C(=O)NOC(C)CCO)cc(F)c(F)c1F. The number of hydrogen-bond acceptors (Lipinski definition) is 4. The van der Waals surface area contributed by atoms with Crippen molar-refractivity contribution in [1.82, 2.24) is 5.48 Å². The van der Waals surface area contributed by atoms with Crippen LogP contribution in [0.1, 0.15) is 29.3 Å². The van der Waals surface area contributed by atoms with Gasteiger partial charge in [-0.2, -0.15) is 0 Å². The molecule has 0 aliphatic carbocycles. The van der Waals surface area contributed by atoms with Gasteiger partial charge in [-0.25, -0.2) is 18.7 Å². The molecule has 0 aromatic heterocycles. The van der Waals surface area contributed by atoms with Crippen molar-refractivity contribution >= 4 is 39.9 Å². The van der Waals surface area contributed by atoms with E-state index in [-0.39, 0.29) is 13.0 Å². The molecule has 1 atom stereocenters. The lowest BCUT2D eigenvalue weighted by atomic mass is 10.1. The molecule has 0 saturated heterocycles. The minimum atomic E-state index is -1.69. The number of aliphatic hydroxyl groups is 1. The summed E-state index contributed by atoms with van der Waals surface area (Å²) in [5, 5.41) is 11.5. The topological polar surface area (TPSA) is 70.6 Å². The molecule has 0 radical (unpaired) electrons. The van der Waals surface area contributed by atoms with Gasteiger partial charge in [-0.05, 0) is 72.7 Å². The lowest BCUT2D eigenvalue weighted by Gasteiger charge is -2.17. The number of amides is 1. The average molecular weight is 494 g/mol. The predicted molar refractivity (Wildman–Crippen MR) is 103 cm³/mol. The fourth-order valence-corrected chi connectivity index (χ4v) is 2.90. The first-order chi connectivity index (χ1) is 12.7. The molecule has 2 aromatic rings. The number of rotatable bonds is 7. The van der Waals surface area contributed by atoms with Crippen molar-refractivity contribution in [2.45, 2.75) is 26.4 Å². The summed E-state index contributed by atoms with van der Waals surface area (Å²) in [6.07, 6.45) is -0.275. The largest absolute Gasteiger partial charge is 0.396 e. The van der Waals surface area contributed by atoms with Crippen molar-refractivity contribution in [2.75, 3.05) is 11.9 Å². The number of benzene rings is 2. The number of hydroxylamine groups is 1. The Bertz CT molecular complexity index is 849. The molecule has 27 heavy (non-hydrogen) atoms. The fourth-order valence-electron chi connectivity index (χ4n) is 2.25. The quantitative estimate of drug-likeness (QED) is 0.307. The van der Waals surface area contributed by atoms with Crippen molar-refractivity contribution in [1.29, 1.82) is 0 Å². The molecule has 0 fully saturated rings. The van der Waals surface area contributed by atoms with Gasteiger partial charge >= 0.3 is 0 Å². The summed E-state index contributed by atoms with van der Waals surface area (Å²) in [6.45, 7) is 3.19. The van der Waals surface area contributed by atoms with E-state index in [1.165, 1.54) is 0 Å². The van der Waals surface area contributed by atoms with Gasteiger partial charge in [0.15, 0.2) is 17.5 Å². The van der Waals surface area contributed by atoms with Gasteiger partial charge in [0.2, 0.25) is 0 Å². The van der Waals surface area contributed by atoms with Crippen LogP contribution in [0.2, 0.25) is 0 Å². The maximum absolute atomic E-state index is 14.4. The first-order valence-corrected chi connectivity index (χ1v) is 9.10. The molecule has 0 heterocycles. The number of hydrogen-bond donors (Lipinski definition) is 3. The molecule has 1 amide bonds. The normalized spacial score (nSPS) is 12.0. The minimum Gasteiger partial charge on any atom is -0.396 e. The molecular formula is C18H18F3IN2O3. The summed E-state index contributed by atoms with van der Waals surface area (Å²) in [5.41, 5.74) is 2.26. The van der Waals surface area contributed by atoms with Gasteiger partial charge in [0.1, 0.15) is 0 Å². The molecule has 5 nitrogen and oxygen atoms in total. The second kappa shape index (κ2) is 9.38. The van der Waals surface area contributed by atoms with Crippen LogP contribution >= 0.6 is 22.6 Å². The highest BCUT2D eigenvalue weighted by atomic mass is 127. The predicted octanol–water partition coefficient (Wildman–Crippen LogP) is 4.19. The Hall–Kier alpha value is -1.85. The van der Waals surface area contributed by atoms with Crippen LogP contribution in [0, 0.1) is 27.9 Å². The van der Waals surface area contributed by atoms with Crippen molar-refractivity contribution < 1.29 is 27.9 Å². The Balaban J connectivity index is 2.37. The molecule has 9 heteroatoms. The average Bonchev–Trinajstić information content (AvgIpc) is 2.62. The third kappa shape index (κ3) is 5.33. The zero-order chi connectivity index (χ0) is 20.1. The number of carbonyl (C=O) groups excluding carboxylic acids is 1. The van der Waals surface area contributed by atoms with Crippen molar-refractivity contribution in [3.8, 4) is 0 Å². The van der Waals surface area contributed by atoms with Crippen LogP contribution in [-0.2, 0) is 4.84 Å². The van der Waals surface area contributed by atoms with E-state index in [4.69, 9.17) is 9.94 Å². The van der Waals surface area contributed by atoms with Crippen LogP contribution in [0.25, 0.3) is 0 Å². The van der Waals surface area contributed by atoms with E-state index >= 15 is 0 Å². The maximum atomic E-state index is 14.4. The highest BCUT2D eigenvalue weighted by molar-refractivity contribution is 14.1. The van der Waals surface area contributed by atoms with E-state index in [9.17, 15) is 18.0 Å². The second-order valence-electron chi connectivity index (χ2n) is 5.87. The fraction of sp³-hybridized carbons (Fsp3) is 0.278. The van der Waals surface area contributed by atoms with E-state index in [0.717, 1.165) is 9.13 Å². The number of aliphatic hydroxyl groups excluding tert-OH is 1. The van der Waals surface area contributed by atoms with Gasteiger partial charge in [0.25, 0.3) is 5.91 Å². The van der Waals surface area contributed by atoms with Gasteiger partial charge in [0.05, 0.1) is 17.4 Å². The van der Waals surface area contributed by atoms with E-state index in [1.807, 2.05) is 0 Å². The molecule has 3 N–H and O–H groups in total. The first kappa shape index (κ1) is 21.5. The zero-order valence-electron chi connectivity index (χ0n) is 14.6. The smallest absolute Gasteiger partial charge is 0.277 e. The molecule has 1 unspecified atom stereocenters. The van der Waals surface area contributed by atoms with Crippen molar-refractivity contribution in [2.24, 2.45) is 0 Å². The van der Waals surface area contributed by atoms with Crippen LogP contribution in [0.4, 0.5) is 24.5 Å². The molecule has 2 rings (SSSR count). The molecule has 0 saturated carbocycles. The Labute approximate surface area is 168 Å². The Kier molecular flexibility index (Phi) is 7.45. The molecule has 146 valence electrons. The summed E-state index contributed by atoms with van der Waals surface area (Å²) < 4.78 is 42.7. The Morgan fingerprint density at radius 2 is 1.96 bits per heavy atom. The summed E-state index contributed by atoms with van der Waals surface area (Å²) >= 11 is 2.10. The lowest BCUT2D eigenvalue weighted by molar-refractivity contribution is -0.0168. The van der Waals surface area contributed by atoms with Crippen molar-refractivity contribution in [3.63, 3.8) is 0 Å².